The molecular formula is C53H38N2. The van der Waals surface area contributed by atoms with Crippen molar-refractivity contribution in [1.82, 2.24) is 9.97 Å². The van der Waals surface area contributed by atoms with Crippen molar-refractivity contribution >= 4 is 10.8 Å². The minimum atomic E-state index is -0.296. The van der Waals surface area contributed by atoms with Crippen molar-refractivity contribution in [3.05, 3.63) is 205 Å². The highest BCUT2D eigenvalue weighted by Gasteiger charge is 2.41. The summed E-state index contributed by atoms with van der Waals surface area (Å²) >= 11 is 0. The number of benzene rings is 8. The first kappa shape index (κ1) is 32.7. The summed E-state index contributed by atoms with van der Waals surface area (Å²) in [6.45, 7) is 4.64. The predicted octanol–water partition coefficient (Wildman–Crippen LogP) is 13.9. The van der Waals surface area contributed by atoms with Crippen LogP contribution >= 0.6 is 0 Å². The van der Waals surface area contributed by atoms with Gasteiger partial charge in [-0.2, -0.15) is 0 Å². The standard InChI is InChI=1S/C53H38N2/c1-53(2)47-29-28-37-20-12-13-27-46(37)48(47)51-49(53)50(54-52(55-51)38-21-10-5-11-22-38)42-26-15-24-40(31-42)39-23-14-25-41(30-39)45-33-43(35-16-6-3-7-17-35)32-44(34-45)36-18-8-4-9-19-36/h3-34H,1-2H3. The molecule has 1 aliphatic rings. The highest BCUT2D eigenvalue weighted by Crippen LogP contribution is 2.53. The van der Waals surface area contributed by atoms with E-state index in [-0.39, 0.29) is 5.41 Å². The quantitative estimate of drug-likeness (QED) is 0.172. The normalized spacial score (nSPS) is 12.7. The first-order valence-electron chi connectivity index (χ1n) is 19.0. The molecule has 0 fully saturated rings. The lowest BCUT2D eigenvalue weighted by molar-refractivity contribution is 0.658. The van der Waals surface area contributed by atoms with Crippen LogP contribution in [-0.4, -0.2) is 9.97 Å². The van der Waals surface area contributed by atoms with Gasteiger partial charge in [0.25, 0.3) is 0 Å². The van der Waals surface area contributed by atoms with Crippen molar-refractivity contribution < 1.29 is 0 Å². The molecule has 0 saturated carbocycles. The second kappa shape index (κ2) is 13.2. The minimum Gasteiger partial charge on any atom is -0.228 e. The molecule has 2 nitrogen and oxygen atoms in total. The van der Waals surface area contributed by atoms with Gasteiger partial charge in [-0.25, -0.2) is 9.97 Å². The molecule has 0 bridgehead atoms. The molecule has 1 heterocycles. The molecule has 0 atom stereocenters. The van der Waals surface area contributed by atoms with E-state index in [1.54, 1.807) is 0 Å². The molecule has 8 aromatic carbocycles. The molecule has 9 aromatic rings. The zero-order valence-electron chi connectivity index (χ0n) is 30.9. The van der Waals surface area contributed by atoms with Crippen LogP contribution in [0.2, 0.25) is 0 Å². The maximum Gasteiger partial charge on any atom is 0.160 e. The average molecular weight is 703 g/mol. The Labute approximate surface area is 322 Å². The molecule has 2 heteroatoms. The van der Waals surface area contributed by atoms with E-state index >= 15 is 0 Å². The smallest absolute Gasteiger partial charge is 0.160 e. The Balaban J connectivity index is 1.12. The fraction of sp³-hybridized carbons (Fsp3) is 0.0566. The summed E-state index contributed by atoms with van der Waals surface area (Å²) in [6, 6.07) is 69.7. The van der Waals surface area contributed by atoms with Gasteiger partial charge >= 0.3 is 0 Å². The number of hydrogen-bond donors (Lipinski definition) is 0. The van der Waals surface area contributed by atoms with Crippen LogP contribution in [0.1, 0.15) is 25.0 Å². The van der Waals surface area contributed by atoms with Crippen molar-refractivity contribution in [1.29, 1.82) is 0 Å². The van der Waals surface area contributed by atoms with Crippen LogP contribution in [0.3, 0.4) is 0 Å². The van der Waals surface area contributed by atoms with Gasteiger partial charge in [0.05, 0.1) is 11.4 Å². The monoisotopic (exact) mass is 702 g/mol. The molecule has 0 unspecified atom stereocenters. The molecule has 0 amide bonds. The van der Waals surface area contributed by atoms with Gasteiger partial charge in [-0.15, -0.1) is 0 Å². The third kappa shape index (κ3) is 5.75. The lowest BCUT2D eigenvalue weighted by Crippen LogP contribution is -2.17. The maximum atomic E-state index is 5.41. The number of fused-ring (bicyclic) bond motifs is 5. The van der Waals surface area contributed by atoms with Gasteiger partial charge in [0.15, 0.2) is 5.82 Å². The largest absolute Gasteiger partial charge is 0.228 e. The van der Waals surface area contributed by atoms with Crippen molar-refractivity contribution in [3.63, 3.8) is 0 Å². The van der Waals surface area contributed by atoms with Crippen molar-refractivity contribution in [2.75, 3.05) is 0 Å². The predicted molar refractivity (Wildman–Crippen MR) is 230 cm³/mol. The second-order valence-electron chi connectivity index (χ2n) is 15.0. The molecular weight excluding hydrogens is 665 g/mol. The Kier molecular flexibility index (Phi) is 7.85. The summed E-state index contributed by atoms with van der Waals surface area (Å²) in [5.41, 5.74) is 17.0. The van der Waals surface area contributed by atoms with Crippen LogP contribution in [0.5, 0.6) is 0 Å². The molecule has 55 heavy (non-hydrogen) atoms. The molecule has 0 N–H and O–H groups in total. The van der Waals surface area contributed by atoms with Crippen molar-refractivity contribution in [3.8, 4) is 78.4 Å². The average Bonchev–Trinajstić information content (AvgIpc) is 3.50. The first-order chi connectivity index (χ1) is 27.0. The summed E-state index contributed by atoms with van der Waals surface area (Å²) in [5.74, 6) is 0.742. The summed E-state index contributed by atoms with van der Waals surface area (Å²) in [5, 5.41) is 2.45. The van der Waals surface area contributed by atoms with E-state index < -0.39 is 0 Å². The minimum absolute atomic E-state index is 0.296. The van der Waals surface area contributed by atoms with Crippen LogP contribution < -0.4 is 0 Å². The number of aromatic nitrogens is 2. The SMILES string of the molecule is CC1(C)c2ccc3ccccc3c2-c2nc(-c3ccccc3)nc(-c3cccc(-c4cccc(-c5cc(-c6ccccc6)cc(-c6ccccc6)c5)c4)c3)c21. The van der Waals surface area contributed by atoms with Crippen molar-refractivity contribution in [2.24, 2.45) is 0 Å². The summed E-state index contributed by atoms with van der Waals surface area (Å²) in [6.07, 6.45) is 0. The molecule has 0 radical (unpaired) electrons. The van der Waals surface area contributed by atoms with Crippen LogP contribution in [0.4, 0.5) is 0 Å². The molecule has 0 aliphatic heterocycles. The molecule has 0 spiro atoms. The molecule has 1 aromatic heterocycles. The third-order valence-corrected chi connectivity index (χ3v) is 11.2. The summed E-state index contributed by atoms with van der Waals surface area (Å²) in [7, 11) is 0. The van der Waals surface area contributed by atoms with E-state index in [0.717, 1.165) is 39.5 Å². The lowest BCUT2D eigenvalue weighted by atomic mass is 9.80. The van der Waals surface area contributed by atoms with Gasteiger partial charge in [-0.1, -0.05) is 178 Å². The summed E-state index contributed by atoms with van der Waals surface area (Å²) in [4.78, 5) is 10.8. The van der Waals surface area contributed by atoms with Gasteiger partial charge in [0.2, 0.25) is 0 Å². The molecule has 1 aliphatic carbocycles. The van der Waals surface area contributed by atoms with E-state index in [1.807, 2.05) is 6.07 Å². The molecule has 0 saturated heterocycles. The maximum absolute atomic E-state index is 5.41. The van der Waals surface area contributed by atoms with E-state index in [1.165, 1.54) is 60.8 Å². The van der Waals surface area contributed by atoms with Crippen LogP contribution in [0.15, 0.2) is 194 Å². The Morgan fingerprint density at radius 3 is 1.40 bits per heavy atom. The van der Waals surface area contributed by atoms with E-state index in [2.05, 4.69) is 202 Å². The highest BCUT2D eigenvalue weighted by atomic mass is 14.9. The Morgan fingerprint density at radius 1 is 0.345 bits per heavy atom. The molecule has 260 valence electrons. The van der Waals surface area contributed by atoms with Crippen LogP contribution in [-0.2, 0) is 5.41 Å². The Morgan fingerprint density at radius 2 is 0.782 bits per heavy atom. The zero-order valence-corrected chi connectivity index (χ0v) is 30.9. The second-order valence-corrected chi connectivity index (χ2v) is 15.0. The first-order valence-corrected chi connectivity index (χ1v) is 19.0. The Bertz CT molecular complexity index is 2820. The van der Waals surface area contributed by atoms with E-state index in [9.17, 15) is 0 Å². The fourth-order valence-corrected chi connectivity index (χ4v) is 8.45. The molecule has 10 rings (SSSR count). The zero-order chi connectivity index (χ0) is 36.9. The van der Waals surface area contributed by atoms with E-state index in [0.29, 0.717) is 0 Å². The number of nitrogens with zero attached hydrogens (tertiary/aromatic N) is 2. The van der Waals surface area contributed by atoms with Gasteiger partial charge in [0.1, 0.15) is 0 Å². The third-order valence-electron chi connectivity index (χ3n) is 11.2. The summed E-state index contributed by atoms with van der Waals surface area (Å²) < 4.78 is 0. The van der Waals surface area contributed by atoms with Gasteiger partial charge in [-0.3, -0.25) is 0 Å². The van der Waals surface area contributed by atoms with Crippen LogP contribution in [0, 0.1) is 0 Å². The van der Waals surface area contributed by atoms with Crippen molar-refractivity contribution in [2.45, 2.75) is 19.3 Å². The van der Waals surface area contributed by atoms with Crippen LogP contribution in [0.25, 0.3) is 89.2 Å². The van der Waals surface area contributed by atoms with E-state index in [4.69, 9.17) is 9.97 Å². The van der Waals surface area contributed by atoms with Gasteiger partial charge in [0, 0.05) is 27.7 Å². The topological polar surface area (TPSA) is 25.8 Å². The Hall–Kier alpha value is -6.90. The van der Waals surface area contributed by atoms with Gasteiger partial charge in [-0.05, 0) is 91.2 Å². The fourth-order valence-electron chi connectivity index (χ4n) is 8.45. The number of rotatable bonds is 6. The lowest BCUT2D eigenvalue weighted by Gasteiger charge is -2.24. The van der Waals surface area contributed by atoms with Gasteiger partial charge < -0.3 is 0 Å². The highest BCUT2D eigenvalue weighted by molar-refractivity contribution is 6.03. The number of hydrogen-bond acceptors (Lipinski definition) is 2.